The maximum Gasteiger partial charge on any atom is 0.677 e. The lowest BCUT2D eigenvalue weighted by atomic mass is 10.5. The van der Waals surface area contributed by atoms with E-state index in [0.717, 1.165) is 6.08 Å². The maximum absolute atomic E-state index is 9.99. The van der Waals surface area contributed by atoms with Gasteiger partial charge < -0.3 is 23.2 Å². The average molecular weight is 294 g/mol. The lowest BCUT2D eigenvalue weighted by Crippen LogP contribution is -2.50. The van der Waals surface area contributed by atoms with Crippen molar-refractivity contribution in [2.75, 3.05) is 0 Å². The summed E-state index contributed by atoms with van der Waals surface area (Å²) < 4.78 is 15.9. The molecule has 0 fully saturated rings. The SMILES string of the molecule is C=CC(=O)O.CC(C)O[Si](O)(OC(C)C)OC(C)C. The van der Waals surface area contributed by atoms with Crippen LogP contribution in [-0.2, 0) is 18.1 Å². The van der Waals surface area contributed by atoms with E-state index in [0.29, 0.717) is 0 Å². The third-order valence-corrected chi connectivity index (χ3v) is 3.64. The molecule has 0 radical (unpaired) electrons. The van der Waals surface area contributed by atoms with E-state index in [1.165, 1.54) is 0 Å². The van der Waals surface area contributed by atoms with Gasteiger partial charge >= 0.3 is 15.0 Å². The molecular weight excluding hydrogens is 268 g/mol. The van der Waals surface area contributed by atoms with Crippen LogP contribution in [0.2, 0.25) is 0 Å². The first-order valence-electron chi connectivity index (χ1n) is 6.13. The summed E-state index contributed by atoms with van der Waals surface area (Å²) in [7, 11) is -3.44. The van der Waals surface area contributed by atoms with E-state index in [1.54, 1.807) is 0 Å². The lowest BCUT2D eigenvalue weighted by Gasteiger charge is -2.28. The highest BCUT2D eigenvalue weighted by Gasteiger charge is 2.44. The minimum atomic E-state index is -3.44. The van der Waals surface area contributed by atoms with Crippen molar-refractivity contribution in [3.63, 3.8) is 0 Å². The molecule has 0 aromatic rings. The van der Waals surface area contributed by atoms with Crippen molar-refractivity contribution >= 4 is 15.0 Å². The summed E-state index contributed by atoms with van der Waals surface area (Å²) in [4.78, 5) is 19.2. The van der Waals surface area contributed by atoms with Crippen molar-refractivity contribution in [2.24, 2.45) is 0 Å². The first kappa shape index (κ1) is 20.6. The second kappa shape index (κ2) is 10.1. The van der Waals surface area contributed by atoms with Crippen molar-refractivity contribution in [3.05, 3.63) is 12.7 Å². The summed E-state index contributed by atoms with van der Waals surface area (Å²) in [6.07, 6.45) is 0.512. The van der Waals surface area contributed by atoms with E-state index in [9.17, 15) is 9.59 Å². The summed E-state index contributed by atoms with van der Waals surface area (Å²) >= 11 is 0. The molecule has 0 atom stereocenters. The Balaban J connectivity index is 0. The van der Waals surface area contributed by atoms with E-state index >= 15 is 0 Å². The zero-order valence-corrected chi connectivity index (χ0v) is 13.5. The van der Waals surface area contributed by atoms with Crippen LogP contribution in [0.25, 0.3) is 0 Å². The molecule has 0 aliphatic carbocycles. The molecule has 0 rings (SSSR count). The van der Waals surface area contributed by atoms with Crippen molar-refractivity contribution in [1.29, 1.82) is 0 Å². The van der Waals surface area contributed by atoms with Gasteiger partial charge in [-0.3, -0.25) is 0 Å². The number of carbonyl (C=O) groups is 1. The average Bonchev–Trinajstić information content (AvgIpc) is 2.13. The summed E-state index contributed by atoms with van der Waals surface area (Å²) in [5.74, 6) is -0.981. The number of hydrogen-bond acceptors (Lipinski definition) is 5. The molecule has 0 aromatic heterocycles. The van der Waals surface area contributed by atoms with Crippen molar-refractivity contribution in [3.8, 4) is 0 Å². The van der Waals surface area contributed by atoms with Gasteiger partial charge in [0.15, 0.2) is 0 Å². The molecule has 0 spiro atoms. The van der Waals surface area contributed by atoms with Gasteiger partial charge in [-0.05, 0) is 41.5 Å². The topological polar surface area (TPSA) is 85.2 Å². The fourth-order valence-electron chi connectivity index (χ4n) is 0.977. The molecule has 6 nitrogen and oxygen atoms in total. The van der Waals surface area contributed by atoms with Crippen LogP contribution in [0.3, 0.4) is 0 Å². The molecule has 0 aliphatic rings. The molecule has 0 heterocycles. The molecule has 0 amide bonds. The van der Waals surface area contributed by atoms with Crippen LogP contribution in [0.15, 0.2) is 12.7 Å². The fourth-order valence-corrected chi connectivity index (χ4v) is 2.93. The van der Waals surface area contributed by atoms with E-state index in [1.807, 2.05) is 41.5 Å². The molecule has 7 heteroatoms. The molecule has 114 valence electrons. The first-order valence-corrected chi connectivity index (χ1v) is 7.80. The monoisotopic (exact) mass is 294 g/mol. The highest BCUT2D eigenvalue weighted by molar-refractivity contribution is 6.52. The third-order valence-electron chi connectivity index (χ3n) is 1.33. The standard InChI is InChI=1S/C9H22O4Si.C3H4O2/c1-7(2)11-14(10,12-8(3)4)13-9(5)6;1-2-3(4)5/h7-10H,1-6H3;2H,1H2,(H,4,5). The lowest BCUT2D eigenvalue weighted by molar-refractivity contribution is -0.131. The molecule has 2 N–H and O–H groups in total. The minimum Gasteiger partial charge on any atom is -0.478 e. The van der Waals surface area contributed by atoms with Crippen LogP contribution in [0, 0.1) is 0 Å². The van der Waals surface area contributed by atoms with Crippen LogP contribution >= 0.6 is 0 Å². The molecule has 0 saturated carbocycles. The molecule has 0 saturated heterocycles. The largest absolute Gasteiger partial charge is 0.677 e. The third kappa shape index (κ3) is 15.2. The molecular formula is C12H26O6Si. The van der Waals surface area contributed by atoms with Gasteiger partial charge in [0.25, 0.3) is 0 Å². The first-order chi connectivity index (χ1) is 8.52. The minimum absolute atomic E-state index is 0.107. The maximum atomic E-state index is 9.99. The zero-order valence-electron chi connectivity index (χ0n) is 12.5. The number of hydrogen-bond donors (Lipinski definition) is 2. The van der Waals surface area contributed by atoms with Crippen molar-refractivity contribution < 1.29 is 28.0 Å². The quantitative estimate of drug-likeness (QED) is 0.551. The van der Waals surface area contributed by atoms with Crippen LogP contribution in [-0.4, -0.2) is 43.2 Å². The predicted octanol–water partition coefficient (Wildman–Crippen LogP) is 1.95. The highest BCUT2D eigenvalue weighted by atomic mass is 28.4. The number of carboxylic acids is 1. The fraction of sp³-hybridized carbons (Fsp3) is 0.750. The van der Waals surface area contributed by atoms with Gasteiger partial charge in [0, 0.05) is 24.4 Å². The van der Waals surface area contributed by atoms with Gasteiger partial charge in [-0.1, -0.05) is 6.58 Å². The second-order valence-corrected chi connectivity index (χ2v) is 6.32. The number of aliphatic carboxylic acids is 1. The van der Waals surface area contributed by atoms with E-state index in [2.05, 4.69) is 6.58 Å². The summed E-state index contributed by atoms with van der Waals surface area (Å²) in [6.45, 7) is 14.0. The number of carboxylic acid groups (broad SMARTS) is 1. The van der Waals surface area contributed by atoms with E-state index in [-0.39, 0.29) is 18.3 Å². The molecule has 0 unspecified atom stereocenters. The van der Waals surface area contributed by atoms with Crippen LogP contribution in [0.1, 0.15) is 41.5 Å². The Labute approximate surface area is 116 Å². The van der Waals surface area contributed by atoms with Gasteiger partial charge in [-0.25, -0.2) is 4.79 Å². The Bertz CT molecular complexity index is 238. The van der Waals surface area contributed by atoms with Gasteiger partial charge in [0.2, 0.25) is 0 Å². The predicted molar refractivity (Wildman–Crippen MR) is 74.5 cm³/mol. The van der Waals surface area contributed by atoms with E-state index < -0.39 is 15.0 Å². The highest BCUT2D eigenvalue weighted by Crippen LogP contribution is 2.13. The van der Waals surface area contributed by atoms with Gasteiger partial charge in [-0.15, -0.1) is 0 Å². The van der Waals surface area contributed by atoms with E-state index in [4.69, 9.17) is 18.4 Å². The van der Waals surface area contributed by atoms with Crippen molar-refractivity contribution in [1.82, 2.24) is 0 Å². The van der Waals surface area contributed by atoms with Crippen LogP contribution in [0.4, 0.5) is 0 Å². The number of rotatable bonds is 7. The molecule has 19 heavy (non-hydrogen) atoms. The van der Waals surface area contributed by atoms with Gasteiger partial charge in [0.1, 0.15) is 0 Å². The zero-order chi connectivity index (χ0) is 15.6. The smallest absolute Gasteiger partial charge is 0.478 e. The Hall–Kier alpha value is -0.733. The van der Waals surface area contributed by atoms with Crippen LogP contribution in [0.5, 0.6) is 0 Å². The second-order valence-electron chi connectivity index (χ2n) is 4.57. The Kier molecular flexibility index (Phi) is 10.9. The van der Waals surface area contributed by atoms with Crippen LogP contribution < -0.4 is 0 Å². The van der Waals surface area contributed by atoms with Gasteiger partial charge in [0.05, 0.1) is 0 Å². The Morgan fingerprint density at radius 1 is 1.00 bits per heavy atom. The Morgan fingerprint density at radius 2 is 1.21 bits per heavy atom. The molecule has 0 aromatic carbocycles. The van der Waals surface area contributed by atoms with Crippen molar-refractivity contribution in [2.45, 2.75) is 59.9 Å². The normalized spacial score (nSPS) is 11.5. The summed E-state index contributed by atoms with van der Waals surface area (Å²) in [5, 5.41) is 7.60. The molecule has 0 aliphatic heterocycles. The Morgan fingerprint density at radius 3 is 1.32 bits per heavy atom. The summed E-state index contributed by atoms with van der Waals surface area (Å²) in [6, 6.07) is 0. The summed E-state index contributed by atoms with van der Waals surface area (Å²) in [5.41, 5.74) is 0. The van der Waals surface area contributed by atoms with Gasteiger partial charge in [-0.2, -0.15) is 0 Å². The molecule has 0 bridgehead atoms.